The first-order valence-electron chi connectivity index (χ1n) is 10.6. The van der Waals surface area contributed by atoms with Gasteiger partial charge in [-0.1, -0.05) is 12.1 Å². The molecule has 2 aromatic carbocycles. The first-order chi connectivity index (χ1) is 15.5. The predicted octanol–water partition coefficient (Wildman–Crippen LogP) is 3.11. The zero-order chi connectivity index (χ0) is 22.7. The number of ketones is 1. The lowest BCUT2D eigenvalue weighted by atomic mass is 9.95. The van der Waals surface area contributed by atoms with Crippen molar-refractivity contribution in [1.29, 1.82) is 0 Å². The number of ether oxygens (including phenoxy) is 1. The van der Waals surface area contributed by atoms with Gasteiger partial charge >= 0.3 is 0 Å². The van der Waals surface area contributed by atoms with E-state index in [1.807, 2.05) is 0 Å². The van der Waals surface area contributed by atoms with E-state index in [0.29, 0.717) is 25.2 Å². The van der Waals surface area contributed by atoms with Gasteiger partial charge in [0.1, 0.15) is 17.4 Å². The van der Waals surface area contributed by atoms with Gasteiger partial charge in [0.2, 0.25) is 0 Å². The summed E-state index contributed by atoms with van der Waals surface area (Å²) in [5.41, 5.74) is 0.469. The van der Waals surface area contributed by atoms with Crippen LogP contribution in [0.5, 0.6) is 0 Å². The number of nitrogens with zero attached hydrogens (tertiary/aromatic N) is 2. The Kier molecular flexibility index (Phi) is 6.62. The summed E-state index contributed by atoms with van der Waals surface area (Å²) in [5.74, 6) is -3.00. The van der Waals surface area contributed by atoms with Crippen molar-refractivity contribution in [2.24, 2.45) is 0 Å². The van der Waals surface area contributed by atoms with E-state index in [4.69, 9.17) is 4.74 Å². The molecule has 1 amide bonds. The number of hydrogen-bond acceptors (Lipinski definition) is 5. The van der Waals surface area contributed by atoms with E-state index in [1.54, 1.807) is 6.07 Å². The van der Waals surface area contributed by atoms with E-state index in [1.165, 1.54) is 35.2 Å². The fourth-order valence-corrected chi connectivity index (χ4v) is 4.19. The molecule has 2 aliphatic heterocycles. The lowest BCUT2D eigenvalue weighted by Gasteiger charge is -2.29. The molecule has 2 fully saturated rings. The molecule has 2 aliphatic rings. The number of hydrogen-bond donors (Lipinski definition) is 1. The Balaban J connectivity index is 1.67. The third-order valence-electron chi connectivity index (χ3n) is 5.80. The minimum atomic E-state index is -0.930. The number of benzene rings is 2. The van der Waals surface area contributed by atoms with Gasteiger partial charge in [-0.3, -0.25) is 14.5 Å². The molecule has 2 heterocycles. The maximum absolute atomic E-state index is 14.0. The molecule has 0 aliphatic carbocycles. The van der Waals surface area contributed by atoms with Crippen LogP contribution in [-0.2, 0) is 14.3 Å². The number of likely N-dealkylation sites (tertiary alicyclic amines) is 1. The monoisotopic (exact) mass is 442 g/mol. The number of morpholine rings is 1. The molecule has 8 heteroatoms. The molecule has 4 rings (SSSR count). The number of halogens is 2. The van der Waals surface area contributed by atoms with Crippen LogP contribution in [-0.4, -0.2) is 66.0 Å². The lowest BCUT2D eigenvalue weighted by Crippen LogP contribution is -2.39. The van der Waals surface area contributed by atoms with Crippen LogP contribution in [0.1, 0.15) is 23.6 Å². The van der Waals surface area contributed by atoms with Crippen LogP contribution >= 0.6 is 0 Å². The SMILES string of the molecule is O=C1C(=O)N(CCCN2CCOCC2)[C@H](c2cccc(F)c2)C1=C(O)c1ccc(F)cc1. The molecule has 6 nitrogen and oxygen atoms in total. The molecule has 0 aromatic heterocycles. The minimum absolute atomic E-state index is 0.126. The Morgan fingerprint density at radius 3 is 2.41 bits per heavy atom. The van der Waals surface area contributed by atoms with Crippen LogP contribution in [0.2, 0.25) is 0 Å². The maximum atomic E-state index is 14.0. The molecule has 1 atom stereocenters. The number of aliphatic hydroxyl groups excluding tert-OH is 1. The number of carbonyl (C=O) groups is 2. The standard InChI is InChI=1S/C24H24F2N2O4/c25-18-7-5-16(6-8-18)22(29)20-21(17-3-1-4-19(26)15-17)28(24(31)23(20)30)10-2-9-27-11-13-32-14-12-27/h1,3-8,15,21,29H,2,9-14H2/t21-/m1/s1. The quantitative estimate of drug-likeness (QED) is 0.423. The van der Waals surface area contributed by atoms with Crippen molar-refractivity contribution < 1.29 is 28.2 Å². The Labute approximate surface area is 184 Å². The first-order valence-corrected chi connectivity index (χ1v) is 10.6. The van der Waals surface area contributed by atoms with Gasteiger partial charge in [-0.25, -0.2) is 8.78 Å². The van der Waals surface area contributed by atoms with Crippen molar-refractivity contribution in [3.63, 3.8) is 0 Å². The molecule has 0 saturated carbocycles. The van der Waals surface area contributed by atoms with Crippen LogP contribution in [0.3, 0.4) is 0 Å². The molecule has 2 aromatic rings. The van der Waals surface area contributed by atoms with Gasteiger partial charge in [-0.2, -0.15) is 0 Å². The van der Waals surface area contributed by atoms with E-state index in [0.717, 1.165) is 31.8 Å². The normalized spacial score (nSPS) is 21.3. The topological polar surface area (TPSA) is 70.1 Å². The third kappa shape index (κ3) is 4.56. The predicted molar refractivity (Wildman–Crippen MR) is 114 cm³/mol. The molecule has 0 bridgehead atoms. The molecular weight excluding hydrogens is 418 g/mol. The average molecular weight is 442 g/mol. The number of aliphatic hydroxyl groups is 1. The van der Waals surface area contributed by atoms with Crippen molar-refractivity contribution >= 4 is 17.4 Å². The molecule has 2 saturated heterocycles. The molecule has 0 radical (unpaired) electrons. The van der Waals surface area contributed by atoms with Crippen molar-refractivity contribution in [1.82, 2.24) is 9.80 Å². The number of Topliss-reactive ketones (excluding diaryl/α,β-unsaturated/α-hetero) is 1. The van der Waals surface area contributed by atoms with Crippen molar-refractivity contribution in [2.75, 3.05) is 39.4 Å². The van der Waals surface area contributed by atoms with E-state index in [-0.39, 0.29) is 17.7 Å². The van der Waals surface area contributed by atoms with Crippen molar-refractivity contribution in [3.8, 4) is 0 Å². The van der Waals surface area contributed by atoms with Crippen molar-refractivity contribution in [2.45, 2.75) is 12.5 Å². The molecular formula is C24H24F2N2O4. The van der Waals surface area contributed by atoms with Crippen LogP contribution in [0.15, 0.2) is 54.1 Å². The summed E-state index contributed by atoms with van der Waals surface area (Å²) in [4.78, 5) is 29.4. The number of carbonyl (C=O) groups excluding carboxylic acids is 2. The molecule has 1 N–H and O–H groups in total. The summed E-state index contributed by atoms with van der Waals surface area (Å²) in [5, 5.41) is 10.9. The summed E-state index contributed by atoms with van der Waals surface area (Å²) in [6, 6.07) is 9.69. The fraction of sp³-hybridized carbons (Fsp3) is 0.333. The van der Waals surface area contributed by atoms with Crippen LogP contribution in [0, 0.1) is 11.6 Å². The van der Waals surface area contributed by atoms with Crippen molar-refractivity contribution in [3.05, 3.63) is 76.9 Å². The largest absolute Gasteiger partial charge is 0.507 e. The number of amides is 1. The van der Waals surface area contributed by atoms with Gasteiger partial charge in [0, 0.05) is 31.7 Å². The van der Waals surface area contributed by atoms with Crippen LogP contribution < -0.4 is 0 Å². The average Bonchev–Trinajstić information content (AvgIpc) is 3.05. The highest BCUT2D eigenvalue weighted by molar-refractivity contribution is 6.46. The third-order valence-corrected chi connectivity index (χ3v) is 5.80. The van der Waals surface area contributed by atoms with E-state index in [9.17, 15) is 23.5 Å². The van der Waals surface area contributed by atoms with Gasteiger partial charge in [0.15, 0.2) is 0 Å². The second kappa shape index (κ2) is 9.58. The molecule has 0 unspecified atom stereocenters. The Hall–Kier alpha value is -3.10. The summed E-state index contributed by atoms with van der Waals surface area (Å²) in [7, 11) is 0. The van der Waals surface area contributed by atoms with E-state index >= 15 is 0 Å². The van der Waals surface area contributed by atoms with Crippen LogP contribution in [0.4, 0.5) is 8.78 Å². The van der Waals surface area contributed by atoms with Gasteiger partial charge in [0.25, 0.3) is 11.7 Å². The number of rotatable bonds is 6. The maximum Gasteiger partial charge on any atom is 0.295 e. The van der Waals surface area contributed by atoms with Gasteiger partial charge in [-0.05, 0) is 48.4 Å². The van der Waals surface area contributed by atoms with Gasteiger partial charge < -0.3 is 14.7 Å². The summed E-state index contributed by atoms with van der Waals surface area (Å²) >= 11 is 0. The van der Waals surface area contributed by atoms with Gasteiger partial charge in [0.05, 0.1) is 24.8 Å². The highest BCUT2D eigenvalue weighted by Crippen LogP contribution is 2.39. The lowest BCUT2D eigenvalue weighted by molar-refractivity contribution is -0.140. The second-order valence-electron chi connectivity index (χ2n) is 7.86. The highest BCUT2D eigenvalue weighted by atomic mass is 19.1. The second-order valence-corrected chi connectivity index (χ2v) is 7.86. The molecule has 168 valence electrons. The summed E-state index contributed by atoms with van der Waals surface area (Å²) in [6.45, 7) is 3.91. The zero-order valence-corrected chi connectivity index (χ0v) is 17.5. The zero-order valence-electron chi connectivity index (χ0n) is 17.5. The first kappa shape index (κ1) is 22.1. The Morgan fingerprint density at radius 2 is 1.72 bits per heavy atom. The van der Waals surface area contributed by atoms with Crippen LogP contribution in [0.25, 0.3) is 5.76 Å². The molecule has 0 spiro atoms. The summed E-state index contributed by atoms with van der Waals surface area (Å²) in [6.07, 6.45) is 0.607. The highest BCUT2D eigenvalue weighted by Gasteiger charge is 2.45. The molecule has 32 heavy (non-hydrogen) atoms. The fourth-order valence-electron chi connectivity index (χ4n) is 4.19. The minimum Gasteiger partial charge on any atom is -0.507 e. The van der Waals surface area contributed by atoms with Gasteiger partial charge in [-0.15, -0.1) is 0 Å². The summed E-state index contributed by atoms with van der Waals surface area (Å²) < 4.78 is 32.7. The van der Waals surface area contributed by atoms with E-state index in [2.05, 4.69) is 4.90 Å². The Morgan fingerprint density at radius 1 is 1.00 bits per heavy atom. The smallest absolute Gasteiger partial charge is 0.295 e. The Bertz CT molecular complexity index is 1030. The van der Waals surface area contributed by atoms with E-state index < -0.39 is 35.1 Å².